The van der Waals surface area contributed by atoms with Gasteiger partial charge in [-0.2, -0.15) is 0 Å². The van der Waals surface area contributed by atoms with Crippen LogP contribution in [0.1, 0.15) is 29.3 Å². The molecule has 1 atom stereocenters. The first kappa shape index (κ1) is 16.7. The Morgan fingerprint density at radius 1 is 1.31 bits per heavy atom. The molecule has 0 aliphatic carbocycles. The largest absolute Gasteiger partial charge is 0.342 e. The van der Waals surface area contributed by atoms with Crippen LogP contribution in [-0.2, 0) is 11.2 Å². The van der Waals surface area contributed by atoms with Gasteiger partial charge >= 0.3 is 5.69 Å². The monoisotopic (exact) mass is 370 g/mol. The molecule has 134 valence electrons. The van der Waals surface area contributed by atoms with Crippen LogP contribution in [0.3, 0.4) is 0 Å². The Hall–Kier alpha value is -2.74. The van der Waals surface area contributed by atoms with Crippen LogP contribution >= 0.6 is 11.3 Å². The number of carbonyl (C=O) groups is 1. The number of nitrogens with zero attached hydrogens (tertiary/aromatic N) is 2. The number of likely N-dealkylation sites (tertiary alicyclic amines) is 1. The van der Waals surface area contributed by atoms with E-state index < -0.39 is 11.2 Å². The maximum absolute atomic E-state index is 12.6. The molecule has 1 aliphatic rings. The predicted molar refractivity (Wildman–Crippen MR) is 99.6 cm³/mol. The Morgan fingerprint density at radius 3 is 2.96 bits per heavy atom. The number of nitrogens with one attached hydrogen (secondary N) is 2. The number of amides is 1. The summed E-state index contributed by atoms with van der Waals surface area (Å²) in [6.07, 6.45) is 3.21. The lowest BCUT2D eigenvalue weighted by Crippen LogP contribution is -2.41. The zero-order chi connectivity index (χ0) is 18.1. The Balaban J connectivity index is 1.49. The zero-order valence-corrected chi connectivity index (χ0v) is 14.8. The third-order valence-electron chi connectivity index (χ3n) is 4.67. The number of benzene rings is 1. The molecule has 4 rings (SSSR count). The molecule has 1 aliphatic heterocycles. The minimum absolute atomic E-state index is 0.0152. The molecule has 3 heterocycles. The molecule has 0 saturated carbocycles. The van der Waals surface area contributed by atoms with Gasteiger partial charge in [0.25, 0.3) is 5.56 Å². The summed E-state index contributed by atoms with van der Waals surface area (Å²) in [6.45, 7) is 1.29. The molecule has 3 aromatic rings. The van der Waals surface area contributed by atoms with Crippen LogP contribution in [0.5, 0.6) is 0 Å². The van der Waals surface area contributed by atoms with Crippen molar-refractivity contribution in [2.24, 2.45) is 0 Å². The van der Waals surface area contributed by atoms with Gasteiger partial charge in [-0.05, 0) is 25.0 Å². The van der Waals surface area contributed by atoms with Gasteiger partial charge in [-0.15, -0.1) is 11.3 Å². The third kappa shape index (κ3) is 3.32. The minimum atomic E-state index is -0.569. The van der Waals surface area contributed by atoms with Crippen LogP contribution in [0, 0.1) is 0 Å². The van der Waals surface area contributed by atoms with Crippen LogP contribution in [0.15, 0.2) is 40.1 Å². The number of hydrogen-bond donors (Lipinski definition) is 2. The number of para-hydroxylation sites is 1. The summed E-state index contributed by atoms with van der Waals surface area (Å²) in [4.78, 5) is 46.6. The molecule has 8 heteroatoms. The summed E-state index contributed by atoms with van der Waals surface area (Å²) in [5, 5.41) is 1.06. The van der Waals surface area contributed by atoms with Gasteiger partial charge in [0.1, 0.15) is 0 Å². The van der Waals surface area contributed by atoms with Crippen molar-refractivity contribution >= 4 is 27.5 Å². The standard InChI is InChI=1S/C18H18N4O3S/c23-15(8-12-9-19-18(25)21-16(12)24)22-7-3-4-11(10-22)17-20-13-5-1-2-6-14(13)26-17/h1-2,5-6,9,11H,3-4,7-8,10H2,(H2,19,21,24,25). The molecule has 1 aromatic carbocycles. The lowest BCUT2D eigenvalue weighted by Gasteiger charge is -2.31. The van der Waals surface area contributed by atoms with Gasteiger partial charge in [0.2, 0.25) is 5.91 Å². The number of rotatable bonds is 3. The van der Waals surface area contributed by atoms with E-state index >= 15 is 0 Å². The Kier molecular flexibility index (Phi) is 4.42. The molecule has 1 fully saturated rings. The summed E-state index contributed by atoms with van der Waals surface area (Å²) < 4.78 is 1.16. The van der Waals surface area contributed by atoms with Crippen LogP contribution in [0.4, 0.5) is 0 Å². The average molecular weight is 370 g/mol. The van der Waals surface area contributed by atoms with Crippen LogP contribution in [0.2, 0.25) is 0 Å². The Morgan fingerprint density at radius 2 is 2.15 bits per heavy atom. The van der Waals surface area contributed by atoms with E-state index in [4.69, 9.17) is 4.98 Å². The second-order valence-corrected chi connectivity index (χ2v) is 7.53. The second kappa shape index (κ2) is 6.87. The molecular formula is C18H18N4O3S. The normalized spacial score (nSPS) is 17.5. The molecule has 1 saturated heterocycles. The quantitative estimate of drug-likeness (QED) is 0.732. The molecule has 1 amide bonds. The average Bonchev–Trinajstić information content (AvgIpc) is 3.08. The van der Waals surface area contributed by atoms with Crippen molar-refractivity contribution in [3.63, 3.8) is 0 Å². The van der Waals surface area contributed by atoms with Crippen molar-refractivity contribution in [2.75, 3.05) is 13.1 Å². The lowest BCUT2D eigenvalue weighted by molar-refractivity contribution is -0.131. The van der Waals surface area contributed by atoms with E-state index in [1.807, 2.05) is 18.2 Å². The van der Waals surface area contributed by atoms with Gasteiger partial charge in [0.05, 0.1) is 21.6 Å². The highest BCUT2D eigenvalue weighted by molar-refractivity contribution is 7.18. The first-order valence-corrected chi connectivity index (χ1v) is 9.36. The molecule has 1 unspecified atom stereocenters. The van der Waals surface area contributed by atoms with Crippen molar-refractivity contribution in [3.05, 3.63) is 61.9 Å². The molecule has 0 spiro atoms. The number of carbonyl (C=O) groups excluding carboxylic acids is 1. The van der Waals surface area contributed by atoms with Gasteiger partial charge < -0.3 is 9.88 Å². The summed E-state index contributed by atoms with van der Waals surface area (Å²) in [6, 6.07) is 8.04. The number of thiazole rings is 1. The van der Waals surface area contributed by atoms with E-state index in [9.17, 15) is 14.4 Å². The maximum Gasteiger partial charge on any atom is 0.325 e. The highest BCUT2D eigenvalue weighted by Gasteiger charge is 2.27. The van der Waals surface area contributed by atoms with Crippen LogP contribution in [0.25, 0.3) is 10.2 Å². The number of piperidine rings is 1. The van der Waals surface area contributed by atoms with Crippen LogP contribution < -0.4 is 11.2 Å². The fraction of sp³-hybridized carbons (Fsp3) is 0.333. The van der Waals surface area contributed by atoms with Gasteiger partial charge in [-0.3, -0.25) is 14.6 Å². The number of aromatic nitrogens is 3. The summed E-state index contributed by atoms with van der Waals surface area (Å²) >= 11 is 1.68. The number of H-pyrrole nitrogens is 2. The van der Waals surface area contributed by atoms with Crippen molar-refractivity contribution in [3.8, 4) is 0 Å². The fourth-order valence-corrected chi connectivity index (χ4v) is 4.41. The van der Waals surface area contributed by atoms with Gasteiger partial charge in [0, 0.05) is 30.8 Å². The van der Waals surface area contributed by atoms with Gasteiger partial charge in [0.15, 0.2) is 0 Å². The number of hydrogen-bond acceptors (Lipinski definition) is 5. The molecule has 0 bridgehead atoms. The molecular weight excluding hydrogens is 352 g/mol. The number of fused-ring (bicyclic) bond motifs is 1. The first-order valence-electron chi connectivity index (χ1n) is 8.54. The van der Waals surface area contributed by atoms with E-state index in [-0.39, 0.29) is 23.8 Å². The van der Waals surface area contributed by atoms with Crippen molar-refractivity contribution in [1.82, 2.24) is 19.9 Å². The topological polar surface area (TPSA) is 98.9 Å². The van der Waals surface area contributed by atoms with Crippen molar-refractivity contribution < 1.29 is 4.79 Å². The summed E-state index contributed by atoms with van der Waals surface area (Å²) in [5.74, 6) is 0.118. The SMILES string of the molecule is O=C(Cc1c[nH]c(=O)[nH]c1=O)N1CCCC(c2nc3ccccc3s2)C1. The molecule has 2 N–H and O–H groups in total. The highest BCUT2D eigenvalue weighted by Crippen LogP contribution is 2.33. The Bertz CT molecular complexity index is 1030. The minimum Gasteiger partial charge on any atom is -0.342 e. The Labute approximate surface area is 152 Å². The van der Waals surface area contributed by atoms with Crippen molar-refractivity contribution in [1.29, 1.82) is 0 Å². The second-order valence-electron chi connectivity index (χ2n) is 6.47. The predicted octanol–water partition coefficient (Wildman–Crippen LogP) is 1.62. The smallest absolute Gasteiger partial charge is 0.325 e. The van der Waals surface area contributed by atoms with E-state index in [1.54, 1.807) is 16.2 Å². The molecule has 2 aromatic heterocycles. The lowest BCUT2D eigenvalue weighted by atomic mass is 9.98. The van der Waals surface area contributed by atoms with Crippen LogP contribution in [-0.4, -0.2) is 38.8 Å². The van der Waals surface area contributed by atoms with E-state index in [1.165, 1.54) is 6.20 Å². The number of aromatic amines is 2. The van der Waals surface area contributed by atoms with Gasteiger partial charge in [-0.1, -0.05) is 12.1 Å². The maximum atomic E-state index is 12.6. The summed E-state index contributed by atoms with van der Waals surface area (Å²) in [7, 11) is 0. The zero-order valence-electron chi connectivity index (χ0n) is 14.0. The third-order valence-corrected chi connectivity index (χ3v) is 5.87. The van der Waals surface area contributed by atoms with E-state index in [0.717, 1.165) is 28.1 Å². The first-order chi connectivity index (χ1) is 12.6. The molecule has 0 radical (unpaired) electrons. The van der Waals surface area contributed by atoms with Gasteiger partial charge in [-0.25, -0.2) is 9.78 Å². The highest BCUT2D eigenvalue weighted by atomic mass is 32.1. The molecule has 26 heavy (non-hydrogen) atoms. The van der Waals surface area contributed by atoms with Crippen molar-refractivity contribution in [2.45, 2.75) is 25.2 Å². The van der Waals surface area contributed by atoms with E-state index in [0.29, 0.717) is 13.1 Å². The summed E-state index contributed by atoms with van der Waals surface area (Å²) in [5.41, 5.74) is 0.189. The van der Waals surface area contributed by atoms with E-state index in [2.05, 4.69) is 16.0 Å². The molecule has 7 nitrogen and oxygen atoms in total. The fourth-order valence-electron chi connectivity index (χ4n) is 3.31.